The lowest BCUT2D eigenvalue weighted by Crippen LogP contribution is -2.22. The monoisotopic (exact) mass is 374 g/mol. The largest absolute Gasteiger partial charge is 0.345 e. The second-order valence-electron chi connectivity index (χ2n) is 6.59. The topological polar surface area (TPSA) is 74.3 Å². The van der Waals surface area contributed by atoms with Crippen LogP contribution < -0.4 is 10.6 Å². The Morgan fingerprint density at radius 1 is 0.857 bits per heavy atom. The number of carbonyl (C=O) groups is 2. The van der Waals surface area contributed by atoms with Crippen molar-refractivity contribution >= 4 is 23.3 Å². The lowest BCUT2D eigenvalue weighted by molar-refractivity contribution is 0.0827. The molecule has 0 fully saturated rings. The van der Waals surface area contributed by atoms with Crippen LogP contribution in [0.3, 0.4) is 0 Å². The predicted octanol–water partition coefficient (Wildman–Crippen LogP) is 4.02. The van der Waals surface area contributed by atoms with E-state index in [9.17, 15) is 9.59 Å². The number of aromatic nitrogens is 1. The fourth-order valence-electron chi connectivity index (χ4n) is 2.72. The summed E-state index contributed by atoms with van der Waals surface area (Å²) in [6, 6.07) is 18.1. The second kappa shape index (κ2) is 8.81. The van der Waals surface area contributed by atoms with Crippen LogP contribution in [0.2, 0.25) is 0 Å². The summed E-state index contributed by atoms with van der Waals surface area (Å²) in [6.45, 7) is 0. The summed E-state index contributed by atoms with van der Waals surface area (Å²) in [4.78, 5) is 29.8. The second-order valence-corrected chi connectivity index (χ2v) is 6.59. The number of carbonyl (C=O) groups excluding carboxylic acids is 2. The van der Waals surface area contributed by atoms with Crippen LogP contribution in [0.1, 0.15) is 21.5 Å². The van der Waals surface area contributed by atoms with Crippen LogP contribution in [0.15, 0.2) is 73.1 Å². The number of hydrogen-bond donors (Lipinski definition) is 2. The summed E-state index contributed by atoms with van der Waals surface area (Å²) in [6.07, 6.45) is 4.36. The molecule has 0 radical (unpaired) electrons. The Morgan fingerprint density at radius 3 is 2.18 bits per heavy atom. The molecule has 0 bridgehead atoms. The summed E-state index contributed by atoms with van der Waals surface area (Å²) in [5, 5.41) is 5.55. The van der Waals surface area contributed by atoms with E-state index >= 15 is 0 Å². The Hall–Kier alpha value is -3.67. The van der Waals surface area contributed by atoms with Gasteiger partial charge in [0.2, 0.25) is 0 Å². The van der Waals surface area contributed by atoms with Crippen molar-refractivity contribution in [2.75, 3.05) is 24.7 Å². The summed E-state index contributed by atoms with van der Waals surface area (Å²) in [5.74, 6) is -0.117. The molecule has 3 rings (SSSR count). The van der Waals surface area contributed by atoms with Crippen LogP contribution in [-0.2, 0) is 6.42 Å². The normalized spacial score (nSPS) is 10.2. The summed E-state index contributed by atoms with van der Waals surface area (Å²) >= 11 is 0. The molecule has 2 aromatic carbocycles. The number of anilines is 2. The number of nitrogens with zero attached hydrogens (tertiary/aromatic N) is 2. The minimum Gasteiger partial charge on any atom is -0.345 e. The maximum atomic E-state index is 12.2. The number of pyridine rings is 1. The molecule has 142 valence electrons. The molecule has 0 atom stereocenters. The number of amides is 3. The van der Waals surface area contributed by atoms with E-state index in [0.29, 0.717) is 16.9 Å². The van der Waals surface area contributed by atoms with E-state index in [0.717, 1.165) is 12.0 Å². The average molecular weight is 374 g/mol. The Kier molecular flexibility index (Phi) is 6.01. The Morgan fingerprint density at radius 2 is 1.50 bits per heavy atom. The standard InChI is InChI=1S/C22H22N4O2/c1-26(2)21(27)18-4-3-5-20(15-18)25-22(28)24-19-8-6-16(7-9-19)14-17-10-12-23-13-11-17/h3-13,15H,14H2,1-2H3,(H2,24,25,28). The predicted molar refractivity (Wildman–Crippen MR) is 111 cm³/mol. The Bertz CT molecular complexity index is 954. The van der Waals surface area contributed by atoms with E-state index in [1.165, 1.54) is 10.5 Å². The number of hydrogen-bond acceptors (Lipinski definition) is 3. The Balaban J connectivity index is 1.59. The lowest BCUT2D eigenvalue weighted by atomic mass is 10.1. The molecule has 28 heavy (non-hydrogen) atoms. The number of urea groups is 1. The number of rotatable bonds is 5. The van der Waals surface area contributed by atoms with Crippen LogP contribution in [-0.4, -0.2) is 35.9 Å². The van der Waals surface area contributed by atoms with Crippen molar-refractivity contribution in [3.05, 3.63) is 89.7 Å². The van der Waals surface area contributed by atoms with Gasteiger partial charge in [-0.3, -0.25) is 9.78 Å². The average Bonchev–Trinajstić information content (AvgIpc) is 2.70. The molecule has 6 nitrogen and oxygen atoms in total. The molecule has 0 unspecified atom stereocenters. The van der Waals surface area contributed by atoms with Gasteiger partial charge in [-0.2, -0.15) is 0 Å². The first-order valence-corrected chi connectivity index (χ1v) is 8.89. The molecular weight excluding hydrogens is 352 g/mol. The molecule has 1 aromatic heterocycles. The van der Waals surface area contributed by atoms with Gasteiger partial charge in [-0.15, -0.1) is 0 Å². The van der Waals surface area contributed by atoms with E-state index in [-0.39, 0.29) is 11.9 Å². The van der Waals surface area contributed by atoms with E-state index in [1.54, 1.807) is 50.8 Å². The zero-order chi connectivity index (χ0) is 19.9. The summed E-state index contributed by atoms with van der Waals surface area (Å²) < 4.78 is 0. The number of nitrogens with one attached hydrogen (secondary N) is 2. The fourth-order valence-corrected chi connectivity index (χ4v) is 2.72. The highest BCUT2D eigenvalue weighted by atomic mass is 16.2. The highest BCUT2D eigenvalue weighted by Crippen LogP contribution is 2.15. The van der Waals surface area contributed by atoms with Crippen LogP contribution in [0.5, 0.6) is 0 Å². The first kappa shape index (κ1) is 19.1. The first-order chi connectivity index (χ1) is 13.5. The van der Waals surface area contributed by atoms with Gasteiger partial charge in [0, 0.05) is 43.4 Å². The molecule has 3 amide bonds. The third-order valence-corrected chi connectivity index (χ3v) is 4.14. The van der Waals surface area contributed by atoms with Crippen LogP contribution in [0, 0.1) is 0 Å². The van der Waals surface area contributed by atoms with Gasteiger partial charge in [-0.1, -0.05) is 18.2 Å². The highest BCUT2D eigenvalue weighted by Gasteiger charge is 2.09. The minimum absolute atomic E-state index is 0.117. The van der Waals surface area contributed by atoms with Crippen molar-refractivity contribution in [3.63, 3.8) is 0 Å². The zero-order valence-electron chi connectivity index (χ0n) is 15.8. The molecule has 6 heteroatoms. The van der Waals surface area contributed by atoms with Crippen molar-refractivity contribution in [2.45, 2.75) is 6.42 Å². The van der Waals surface area contributed by atoms with Crippen molar-refractivity contribution in [1.29, 1.82) is 0 Å². The molecule has 0 aliphatic carbocycles. The third kappa shape index (κ3) is 5.17. The van der Waals surface area contributed by atoms with Gasteiger partial charge in [0.25, 0.3) is 5.91 Å². The first-order valence-electron chi connectivity index (χ1n) is 8.89. The van der Waals surface area contributed by atoms with Gasteiger partial charge >= 0.3 is 6.03 Å². The van der Waals surface area contributed by atoms with Crippen molar-refractivity contribution in [1.82, 2.24) is 9.88 Å². The maximum Gasteiger partial charge on any atom is 0.323 e. The SMILES string of the molecule is CN(C)C(=O)c1cccc(NC(=O)Nc2ccc(Cc3ccncc3)cc2)c1. The van der Waals surface area contributed by atoms with Gasteiger partial charge in [-0.05, 0) is 60.0 Å². The van der Waals surface area contributed by atoms with Gasteiger partial charge < -0.3 is 15.5 Å². The molecule has 0 spiro atoms. The van der Waals surface area contributed by atoms with Gasteiger partial charge in [-0.25, -0.2) is 4.79 Å². The van der Waals surface area contributed by atoms with Crippen molar-refractivity contribution in [3.8, 4) is 0 Å². The van der Waals surface area contributed by atoms with Gasteiger partial charge in [0.1, 0.15) is 0 Å². The fraction of sp³-hybridized carbons (Fsp3) is 0.136. The van der Waals surface area contributed by atoms with Crippen molar-refractivity contribution < 1.29 is 9.59 Å². The molecule has 0 saturated heterocycles. The van der Waals surface area contributed by atoms with E-state index in [2.05, 4.69) is 15.6 Å². The van der Waals surface area contributed by atoms with Gasteiger partial charge in [0.05, 0.1) is 0 Å². The maximum absolute atomic E-state index is 12.2. The molecule has 1 heterocycles. The quantitative estimate of drug-likeness (QED) is 0.708. The summed E-state index contributed by atoms with van der Waals surface area (Å²) in [7, 11) is 3.38. The summed E-state index contributed by atoms with van der Waals surface area (Å²) in [5.41, 5.74) is 4.09. The van der Waals surface area contributed by atoms with E-state index < -0.39 is 0 Å². The Labute approximate surface area is 164 Å². The zero-order valence-corrected chi connectivity index (χ0v) is 15.8. The molecule has 0 aliphatic rings. The lowest BCUT2D eigenvalue weighted by Gasteiger charge is -2.12. The third-order valence-electron chi connectivity index (χ3n) is 4.14. The molecule has 0 saturated carbocycles. The highest BCUT2D eigenvalue weighted by molar-refractivity contribution is 6.01. The van der Waals surface area contributed by atoms with Gasteiger partial charge in [0.15, 0.2) is 0 Å². The molecular formula is C22H22N4O2. The molecule has 2 N–H and O–H groups in total. The van der Waals surface area contributed by atoms with Crippen LogP contribution in [0.25, 0.3) is 0 Å². The van der Waals surface area contributed by atoms with Crippen LogP contribution in [0.4, 0.5) is 16.2 Å². The molecule has 3 aromatic rings. The smallest absolute Gasteiger partial charge is 0.323 e. The van der Waals surface area contributed by atoms with Crippen molar-refractivity contribution in [2.24, 2.45) is 0 Å². The minimum atomic E-state index is -0.365. The number of benzene rings is 2. The van der Waals surface area contributed by atoms with E-state index in [4.69, 9.17) is 0 Å². The van der Waals surface area contributed by atoms with Crippen LogP contribution >= 0.6 is 0 Å². The van der Waals surface area contributed by atoms with E-state index in [1.807, 2.05) is 36.4 Å². The molecule has 0 aliphatic heterocycles.